The van der Waals surface area contributed by atoms with Crippen molar-refractivity contribution in [3.8, 4) is 0 Å². The van der Waals surface area contributed by atoms with Gasteiger partial charge in [0.2, 0.25) is 0 Å². The summed E-state index contributed by atoms with van der Waals surface area (Å²) in [5, 5.41) is 1.01. The fourth-order valence-corrected chi connectivity index (χ4v) is 3.80. The van der Waals surface area contributed by atoms with Gasteiger partial charge in [-0.25, -0.2) is 8.42 Å². The molecule has 1 fully saturated rings. The first-order valence-electron chi connectivity index (χ1n) is 5.56. The van der Waals surface area contributed by atoms with Crippen LogP contribution in [-0.4, -0.2) is 49.8 Å². The quantitative estimate of drug-likeness (QED) is 0.739. The third-order valence-electron chi connectivity index (χ3n) is 2.96. The molecule has 0 spiro atoms. The number of alkyl halides is 1. The van der Waals surface area contributed by atoms with Crippen LogP contribution in [0.4, 0.5) is 0 Å². The van der Waals surface area contributed by atoms with Gasteiger partial charge in [0.05, 0.1) is 11.5 Å². The van der Waals surface area contributed by atoms with Crippen molar-refractivity contribution < 1.29 is 8.42 Å². The Hall–Kier alpha value is 0.390. The standard InChI is InChI=1S/C10H20BrNO2S/c1-2-10(8-11)9-12-4-3-6-15(13,14)7-5-12/h10H,2-9H2,1H3. The summed E-state index contributed by atoms with van der Waals surface area (Å²) in [5.41, 5.74) is 0. The Morgan fingerprint density at radius 3 is 2.67 bits per heavy atom. The summed E-state index contributed by atoms with van der Waals surface area (Å²) < 4.78 is 22.8. The number of hydrogen-bond acceptors (Lipinski definition) is 3. The van der Waals surface area contributed by atoms with Crippen molar-refractivity contribution in [2.75, 3.05) is 36.5 Å². The molecule has 5 heteroatoms. The van der Waals surface area contributed by atoms with E-state index in [1.807, 2.05) is 0 Å². The Bertz CT molecular complexity index is 275. The highest BCUT2D eigenvalue weighted by molar-refractivity contribution is 9.09. The van der Waals surface area contributed by atoms with Gasteiger partial charge >= 0.3 is 0 Å². The van der Waals surface area contributed by atoms with E-state index in [0.717, 1.165) is 31.3 Å². The largest absolute Gasteiger partial charge is 0.302 e. The van der Waals surface area contributed by atoms with Gasteiger partial charge in [0.15, 0.2) is 9.84 Å². The molecule has 1 heterocycles. The number of hydrogen-bond donors (Lipinski definition) is 0. The zero-order valence-corrected chi connectivity index (χ0v) is 11.7. The third kappa shape index (κ3) is 4.83. The smallest absolute Gasteiger partial charge is 0.151 e. The molecule has 15 heavy (non-hydrogen) atoms. The van der Waals surface area contributed by atoms with E-state index in [4.69, 9.17) is 0 Å². The van der Waals surface area contributed by atoms with Crippen LogP contribution in [0.25, 0.3) is 0 Å². The highest BCUT2D eigenvalue weighted by Crippen LogP contribution is 2.12. The van der Waals surface area contributed by atoms with Gasteiger partial charge in [-0.05, 0) is 18.9 Å². The summed E-state index contributed by atoms with van der Waals surface area (Å²) in [6.07, 6.45) is 1.94. The molecule has 0 aromatic rings. The normalized spacial score (nSPS) is 24.7. The lowest BCUT2D eigenvalue weighted by Gasteiger charge is -2.23. The monoisotopic (exact) mass is 297 g/mol. The summed E-state index contributed by atoms with van der Waals surface area (Å²) in [4.78, 5) is 2.29. The second-order valence-electron chi connectivity index (χ2n) is 4.23. The maximum absolute atomic E-state index is 11.4. The van der Waals surface area contributed by atoms with E-state index in [0.29, 0.717) is 24.0 Å². The van der Waals surface area contributed by atoms with Gasteiger partial charge in [0, 0.05) is 18.4 Å². The number of halogens is 1. The lowest BCUT2D eigenvalue weighted by molar-refractivity contribution is 0.254. The molecule has 90 valence electrons. The molecule has 0 radical (unpaired) electrons. The molecule has 1 rings (SSSR count). The van der Waals surface area contributed by atoms with E-state index >= 15 is 0 Å². The zero-order valence-electron chi connectivity index (χ0n) is 9.28. The van der Waals surface area contributed by atoms with E-state index in [1.165, 1.54) is 0 Å². The first kappa shape index (κ1) is 13.5. The number of rotatable bonds is 4. The summed E-state index contributed by atoms with van der Waals surface area (Å²) >= 11 is 3.50. The maximum atomic E-state index is 11.4. The average molecular weight is 298 g/mol. The molecule has 0 saturated carbocycles. The zero-order chi connectivity index (χ0) is 11.3. The Balaban J connectivity index is 2.44. The van der Waals surface area contributed by atoms with Gasteiger partial charge in [0.25, 0.3) is 0 Å². The van der Waals surface area contributed by atoms with Crippen LogP contribution in [-0.2, 0) is 9.84 Å². The van der Waals surface area contributed by atoms with Crippen molar-refractivity contribution in [3.05, 3.63) is 0 Å². The molecule has 0 N–H and O–H groups in total. The Labute approximate surface area is 101 Å². The van der Waals surface area contributed by atoms with Gasteiger partial charge in [-0.15, -0.1) is 0 Å². The van der Waals surface area contributed by atoms with Crippen LogP contribution in [0.3, 0.4) is 0 Å². The van der Waals surface area contributed by atoms with Crippen molar-refractivity contribution in [2.45, 2.75) is 19.8 Å². The predicted molar refractivity (Wildman–Crippen MR) is 67.3 cm³/mol. The molecule has 1 atom stereocenters. The molecule has 0 aliphatic carbocycles. The molecule has 1 aliphatic rings. The minimum absolute atomic E-state index is 0.339. The Kier molecular flexibility index (Phi) is 5.57. The van der Waals surface area contributed by atoms with E-state index in [-0.39, 0.29) is 0 Å². The summed E-state index contributed by atoms with van der Waals surface area (Å²) in [6, 6.07) is 0. The minimum Gasteiger partial charge on any atom is -0.302 e. The van der Waals surface area contributed by atoms with Crippen LogP contribution < -0.4 is 0 Å². The molecule has 1 unspecified atom stereocenters. The predicted octanol–water partition coefficient (Wildman–Crippen LogP) is 1.53. The fraction of sp³-hybridized carbons (Fsp3) is 1.00. The van der Waals surface area contributed by atoms with Crippen LogP contribution in [0.2, 0.25) is 0 Å². The van der Waals surface area contributed by atoms with Crippen LogP contribution in [0, 0.1) is 5.92 Å². The Morgan fingerprint density at radius 2 is 2.07 bits per heavy atom. The highest BCUT2D eigenvalue weighted by Gasteiger charge is 2.20. The van der Waals surface area contributed by atoms with Crippen LogP contribution in [0.15, 0.2) is 0 Å². The van der Waals surface area contributed by atoms with Crippen molar-refractivity contribution in [1.29, 1.82) is 0 Å². The van der Waals surface area contributed by atoms with E-state index in [1.54, 1.807) is 0 Å². The second-order valence-corrected chi connectivity index (χ2v) is 7.19. The molecular weight excluding hydrogens is 278 g/mol. The van der Waals surface area contributed by atoms with Crippen LogP contribution in [0.5, 0.6) is 0 Å². The SMILES string of the molecule is CCC(CBr)CN1CCCS(=O)(=O)CC1. The van der Waals surface area contributed by atoms with Crippen LogP contribution in [0.1, 0.15) is 19.8 Å². The summed E-state index contributed by atoms with van der Waals surface area (Å²) in [7, 11) is -2.75. The molecule has 0 amide bonds. The topological polar surface area (TPSA) is 37.4 Å². The van der Waals surface area contributed by atoms with Crippen LogP contribution >= 0.6 is 15.9 Å². The van der Waals surface area contributed by atoms with E-state index in [2.05, 4.69) is 27.8 Å². The van der Waals surface area contributed by atoms with Gasteiger partial charge in [-0.3, -0.25) is 0 Å². The average Bonchev–Trinajstić information content (AvgIpc) is 2.36. The maximum Gasteiger partial charge on any atom is 0.151 e. The van der Waals surface area contributed by atoms with E-state index < -0.39 is 9.84 Å². The first-order chi connectivity index (χ1) is 7.07. The molecular formula is C10H20BrNO2S. The van der Waals surface area contributed by atoms with Crippen molar-refractivity contribution >= 4 is 25.8 Å². The molecule has 3 nitrogen and oxygen atoms in total. The molecule has 0 aromatic heterocycles. The van der Waals surface area contributed by atoms with Gasteiger partial charge in [-0.2, -0.15) is 0 Å². The second kappa shape index (κ2) is 6.21. The van der Waals surface area contributed by atoms with Crippen molar-refractivity contribution in [1.82, 2.24) is 4.90 Å². The summed E-state index contributed by atoms with van der Waals surface area (Å²) in [6.45, 7) is 4.85. The first-order valence-corrected chi connectivity index (χ1v) is 8.50. The molecule has 1 saturated heterocycles. The molecule has 0 bridgehead atoms. The molecule has 1 aliphatic heterocycles. The fourth-order valence-electron chi connectivity index (χ4n) is 1.82. The molecule has 0 aromatic carbocycles. The Morgan fingerprint density at radius 1 is 1.33 bits per heavy atom. The lowest BCUT2D eigenvalue weighted by Crippen LogP contribution is -2.32. The van der Waals surface area contributed by atoms with Gasteiger partial charge < -0.3 is 4.90 Å². The summed E-state index contributed by atoms with van der Waals surface area (Å²) in [5.74, 6) is 1.35. The minimum atomic E-state index is -2.75. The van der Waals surface area contributed by atoms with Gasteiger partial charge in [0.1, 0.15) is 0 Å². The lowest BCUT2D eigenvalue weighted by atomic mass is 10.1. The van der Waals surface area contributed by atoms with Gasteiger partial charge in [-0.1, -0.05) is 29.3 Å². The number of nitrogens with zero attached hydrogens (tertiary/aromatic N) is 1. The highest BCUT2D eigenvalue weighted by atomic mass is 79.9. The third-order valence-corrected chi connectivity index (χ3v) is 5.59. The van der Waals surface area contributed by atoms with Crippen molar-refractivity contribution in [2.24, 2.45) is 5.92 Å². The number of sulfone groups is 1. The van der Waals surface area contributed by atoms with E-state index in [9.17, 15) is 8.42 Å². The van der Waals surface area contributed by atoms with Crippen molar-refractivity contribution in [3.63, 3.8) is 0 Å².